The van der Waals surface area contributed by atoms with Crippen molar-refractivity contribution in [3.05, 3.63) is 33.2 Å². The molecule has 21 heavy (non-hydrogen) atoms. The normalized spacial score (nSPS) is 10.9. The monoisotopic (exact) mass is 358 g/mol. The predicted molar refractivity (Wildman–Crippen MR) is 88.9 cm³/mol. The van der Waals surface area contributed by atoms with Crippen molar-refractivity contribution in [3.8, 4) is 0 Å². The van der Waals surface area contributed by atoms with E-state index in [9.17, 15) is 4.79 Å². The number of hydrogen-bond donors (Lipinski definition) is 1. The molecule has 0 saturated heterocycles. The van der Waals surface area contributed by atoms with Gasteiger partial charge < -0.3 is 15.0 Å². The fraction of sp³-hybridized carbons (Fsp3) is 0.571. The van der Waals surface area contributed by atoms with E-state index in [0.717, 1.165) is 12.1 Å². The second-order valence-corrected chi connectivity index (χ2v) is 5.93. The van der Waals surface area contributed by atoms with Gasteiger partial charge in [0.05, 0.1) is 31.6 Å². The maximum Gasteiger partial charge on any atom is 0.283 e. The molecule has 0 amide bonds. The lowest BCUT2D eigenvalue weighted by Crippen LogP contribution is -2.29. The molecule has 0 atom stereocenters. The Bertz CT molecular complexity index is 528. The molecule has 0 fully saturated rings. The first-order valence-electron chi connectivity index (χ1n) is 6.78. The largest absolute Gasteiger partial charge is 0.380 e. The molecular weight excluding hydrogens is 336 g/mol. The molecule has 1 aromatic heterocycles. The summed E-state index contributed by atoms with van der Waals surface area (Å²) in [7, 11) is 3.92. The molecule has 1 rings (SSSR count). The summed E-state index contributed by atoms with van der Waals surface area (Å²) in [5.41, 5.74) is 1.53. The van der Waals surface area contributed by atoms with Crippen LogP contribution >= 0.6 is 15.9 Å². The van der Waals surface area contributed by atoms with Gasteiger partial charge in [0.15, 0.2) is 0 Å². The molecule has 0 spiro atoms. The molecule has 0 aliphatic rings. The lowest BCUT2D eigenvalue weighted by Gasteiger charge is -2.13. The Balaban J connectivity index is 2.55. The van der Waals surface area contributed by atoms with E-state index in [1.165, 1.54) is 4.68 Å². The van der Waals surface area contributed by atoms with E-state index >= 15 is 0 Å². The first-order chi connectivity index (χ1) is 9.91. The van der Waals surface area contributed by atoms with Gasteiger partial charge in [0.2, 0.25) is 0 Å². The molecular formula is C14H23BrN4O2. The molecule has 7 heteroatoms. The van der Waals surface area contributed by atoms with Gasteiger partial charge in [-0.25, -0.2) is 4.68 Å². The Morgan fingerprint density at radius 2 is 2.29 bits per heavy atom. The smallest absolute Gasteiger partial charge is 0.283 e. The topological polar surface area (TPSA) is 59.4 Å². The third-order valence-corrected chi connectivity index (χ3v) is 3.42. The van der Waals surface area contributed by atoms with E-state index in [4.69, 9.17) is 4.74 Å². The Labute approximate surface area is 133 Å². The number of anilines is 1. The maximum absolute atomic E-state index is 12.1. The molecule has 0 saturated carbocycles. The van der Waals surface area contributed by atoms with Crippen LogP contribution in [0, 0.1) is 0 Å². The summed E-state index contributed by atoms with van der Waals surface area (Å²) in [6.45, 7) is 8.71. The number of ether oxygens (including phenoxy) is 1. The van der Waals surface area contributed by atoms with Gasteiger partial charge in [0.1, 0.15) is 4.47 Å². The summed E-state index contributed by atoms with van der Waals surface area (Å²) in [4.78, 5) is 14.1. The van der Waals surface area contributed by atoms with E-state index in [0.29, 0.717) is 36.5 Å². The van der Waals surface area contributed by atoms with Gasteiger partial charge >= 0.3 is 0 Å². The highest BCUT2D eigenvalue weighted by Crippen LogP contribution is 2.15. The molecule has 1 N–H and O–H groups in total. The average Bonchev–Trinajstić information content (AvgIpc) is 2.41. The van der Waals surface area contributed by atoms with Crippen LogP contribution in [0.5, 0.6) is 0 Å². The molecule has 0 aliphatic heterocycles. The number of aromatic nitrogens is 2. The van der Waals surface area contributed by atoms with Crippen LogP contribution in [0.3, 0.4) is 0 Å². The van der Waals surface area contributed by atoms with Gasteiger partial charge in [-0.1, -0.05) is 12.2 Å². The fourth-order valence-corrected chi connectivity index (χ4v) is 1.99. The summed E-state index contributed by atoms with van der Waals surface area (Å²) < 4.78 is 7.34. The van der Waals surface area contributed by atoms with Crippen molar-refractivity contribution in [2.75, 3.05) is 45.7 Å². The molecule has 1 heterocycles. The lowest BCUT2D eigenvalue weighted by molar-refractivity contribution is 0.167. The van der Waals surface area contributed by atoms with Crippen molar-refractivity contribution in [2.45, 2.75) is 13.5 Å². The van der Waals surface area contributed by atoms with Gasteiger partial charge in [-0.2, -0.15) is 5.10 Å². The minimum atomic E-state index is -0.135. The van der Waals surface area contributed by atoms with E-state index in [1.54, 1.807) is 6.20 Å². The van der Waals surface area contributed by atoms with Crippen molar-refractivity contribution in [3.63, 3.8) is 0 Å². The third kappa shape index (κ3) is 6.41. The number of nitrogens with zero attached hydrogens (tertiary/aromatic N) is 3. The van der Waals surface area contributed by atoms with Crippen molar-refractivity contribution in [1.82, 2.24) is 14.7 Å². The fourth-order valence-electron chi connectivity index (χ4n) is 1.55. The zero-order valence-electron chi connectivity index (χ0n) is 12.9. The van der Waals surface area contributed by atoms with Crippen LogP contribution < -0.4 is 10.9 Å². The van der Waals surface area contributed by atoms with Gasteiger partial charge in [0.25, 0.3) is 5.56 Å². The number of rotatable bonds is 9. The third-order valence-electron chi connectivity index (χ3n) is 2.65. The van der Waals surface area contributed by atoms with Crippen molar-refractivity contribution in [2.24, 2.45) is 0 Å². The van der Waals surface area contributed by atoms with Crippen LogP contribution in [0.1, 0.15) is 6.92 Å². The van der Waals surface area contributed by atoms with Crippen LogP contribution in [0.15, 0.2) is 27.6 Å². The van der Waals surface area contributed by atoms with Crippen LogP contribution in [-0.2, 0) is 11.3 Å². The molecule has 0 aromatic carbocycles. The quantitative estimate of drug-likeness (QED) is 0.536. The first-order valence-corrected chi connectivity index (χ1v) is 7.57. The zero-order valence-corrected chi connectivity index (χ0v) is 14.4. The highest BCUT2D eigenvalue weighted by atomic mass is 79.9. The maximum atomic E-state index is 12.1. The first kappa shape index (κ1) is 17.9. The molecule has 6 nitrogen and oxygen atoms in total. The minimum Gasteiger partial charge on any atom is -0.380 e. The standard InChI is InChI=1S/C14H23BrN4O2/c1-11(2)10-21-8-5-16-12-9-17-19(7-6-18(3)4)14(20)13(12)15/h9,16H,1,5-8,10H2,2-4H3. The average molecular weight is 359 g/mol. The van der Waals surface area contributed by atoms with Crippen LogP contribution in [0.25, 0.3) is 0 Å². The molecule has 1 aromatic rings. The van der Waals surface area contributed by atoms with Gasteiger partial charge in [-0.05, 0) is 36.9 Å². The number of hydrogen-bond acceptors (Lipinski definition) is 5. The summed E-state index contributed by atoms with van der Waals surface area (Å²) in [6, 6.07) is 0. The Hall–Kier alpha value is -1.18. The lowest BCUT2D eigenvalue weighted by atomic mass is 10.4. The molecule has 0 aliphatic carbocycles. The summed E-state index contributed by atoms with van der Waals surface area (Å²) >= 11 is 3.33. The van der Waals surface area contributed by atoms with Crippen LogP contribution in [0.4, 0.5) is 5.69 Å². The van der Waals surface area contributed by atoms with Gasteiger partial charge in [-0.3, -0.25) is 4.79 Å². The van der Waals surface area contributed by atoms with Crippen molar-refractivity contribution < 1.29 is 4.74 Å². The zero-order chi connectivity index (χ0) is 15.8. The Kier molecular flexibility index (Phi) is 7.63. The molecule has 118 valence electrons. The summed E-state index contributed by atoms with van der Waals surface area (Å²) in [5, 5.41) is 7.30. The molecule has 0 unspecified atom stereocenters. The SMILES string of the molecule is C=C(C)COCCNc1cnn(CCN(C)C)c(=O)c1Br. The van der Waals surface area contributed by atoms with Crippen LogP contribution in [0.2, 0.25) is 0 Å². The minimum absolute atomic E-state index is 0.135. The second kappa shape index (κ2) is 8.96. The van der Waals surface area contributed by atoms with Crippen molar-refractivity contribution in [1.29, 1.82) is 0 Å². The number of nitrogens with one attached hydrogen (secondary N) is 1. The molecule has 0 bridgehead atoms. The second-order valence-electron chi connectivity index (χ2n) is 5.14. The molecule has 0 radical (unpaired) electrons. The van der Waals surface area contributed by atoms with E-state index in [1.807, 2.05) is 25.9 Å². The Morgan fingerprint density at radius 3 is 2.90 bits per heavy atom. The van der Waals surface area contributed by atoms with E-state index < -0.39 is 0 Å². The highest BCUT2D eigenvalue weighted by molar-refractivity contribution is 9.10. The highest BCUT2D eigenvalue weighted by Gasteiger charge is 2.08. The number of halogens is 1. The van der Waals surface area contributed by atoms with Gasteiger partial charge in [0, 0.05) is 13.1 Å². The van der Waals surface area contributed by atoms with Gasteiger partial charge in [-0.15, -0.1) is 0 Å². The summed E-state index contributed by atoms with van der Waals surface area (Å²) in [5.74, 6) is 0. The van der Waals surface area contributed by atoms with E-state index in [2.05, 4.69) is 32.9 Å². The van der Waals surface area contributed by atoms with Crippen molar-refractivity contribution >= 4 is 21.6 Å². The number of likely N-dealkylation sites (N-methyl/N-ethyl adjacent to an activating group) is 1. The summed E-state index contributed by atoms with van der Waals surface area (Å²) in [6.07, 6.45) is 1.65. The van der Waals surface area contributed by atoms with Crippen LogP contribution in [-0.4, -0.2) is 55.1 Å². The Morgan fingerprint density at radius 1 is 1.57 bits per heavy atom. The predicted octanol–water partition coefficient (Wildman–Crippen LogP) is 1.57. The van der Waals surface area contributed by atoms with E-state index in [-0.39, 0.29) is 5.56 Å².